The van der Waals surface area contributed by atoms with Gasteiger partial charge in [-0.05, 0) is 12.1 Å². The first-order chi connectivity index (χ1) is 11.5. The van der Waals surface area contributed by atoms with Gasteiger partial charge in [-0.25, -0.2) is 14.1 Å². The predicted molar refractivity (Wildman–Crippen MR) is 91.5 cm³/mol. The number of nitrogens with one attached hydrogen (secondary N) is 1. The topological polar surface area (TPSA) is 98.7 Å². The highest BCUT2D eigenvalue weighted by atomic mass is 32.2. The zero-order valence-corrected chi connectivity index (χ0v) is 14.2. The van der Waals surface area contributed by atoms with Gasteiger partial charge in [-0.1, -0.05) is 23.9 Å². The van der Waals surface area contributed by atoms with Crippen LogP contribution < -0.4 is 11.2 Å². The molecule has 24 heavy (non-hydrogen) atoms. The van der Waals surface area contributed by atoms with Crippen LogP contribution in [0.2, 0.25) is 0 Å². The van der Waals surface area contributed by atoms with E-state index in [0.717, 1.165) is 5.69 Å². The number of nitrogen functional groups attached to an aromatic ring is 1. The van der Waals surface area contributed by atoms with Gasteiger partial charge in [0.2, 0.25) is 11.1 Å². The van der Waals surface area contributed by atoms with E-state index in [4.69, 9.17) is 5.84 Å². The molecule has 0 spiro atoms. The van der Waals surface area contributed by atoms with Gasteiger partial charge in [-0.15, -0.1) is 21.5 Å². The number of nitrogens with zero attached hydrogens (tertiary/aromatic N) is 4. The molecule has 0 radical (unpaired) electrons. The van der Waals surface area contributed by atoms with Crippen LogP contribution in [-0.2, 0) is 10.5 Å². The minimum atomic E-state index is -0.410. The Morgan fingerprint density at radius 3 is 2.96 bits per heavy atom. The Bertz CT molecular complexity index is 878. The lowest BCUT2D eigenvalue weighted by Crippen LogP contribution is -2.12. The summed E-state index contributed by atoms with van der Waals surface area (Å²) in [5, 5.41) is 13.4. The molecular weight excluding hydrogens is 351 g/mol. The monoisotopic (exact) mass is 364 g/mol. The molecule has 0 unspecified atom stereocenters. The van der Waals surface area contributed by atoms with Gasteiger partial charge in [0.15, 0.2) is 11.0 Å². The van der Waals surface area contributed by atoms with Gasteiger partial charge >= 0.3 is 0 Å². The van der Waals surface area contributed by atoms with Crippen molar-refractivity contribution in [2.75, 3.05) is 11.2 Å². The van der Waals surface area contributed by atoms with Crippen molar-refractivity contribution < 1.29 is 9.18 Å². The molecule has 1 amide bonds. The molecule has 7 nitrogen and oxygen atoms in total. The van der Waals surface area contributed by atoms with Crippen LogP contribution >= 0.6 is 23.1 Å². The zero-order valence-electron chi connectivity index (χ0n) is 12.6. The predicted octanol–water partition coefficient (Wildman–Crippen LogP) is 2.51. The quantitative estimate of drug-likeness (QED) is 0.533. The number of halogens is 1. The van der Waals surface area contributed by atoms with Crippen molar-refractivity contribution in [2.45, 2.75) is 17.8 Å². The fraction of sp³-hybridized carbons (Fsp3) is 0.143. The molecule has 3 N–H and O–H groups in total. The summed E-state index contributed by atoms with van der Waals surface area (Å²) in [6, 6.07) is 6.24. The van der Waals surface area contributed by atoms with Gasteiger partial charge in [0, 0.05) is 18.1 Å². The van der Waals surface area contributed by atoms with Crippen molar-refractivity contribution in [2.24, 2.45) is 0 Å². The molecule has 0 aliphatic carbocycles. The van der Waals surface area contributed by atoms with Gasteiger partial charge in [0.05, 0.1) is 11.3 Å². The number of nitrogens with two attached hydrogens (primary N) is 1. The fourth-order valence-electron chi connectivity index (χ4n) is 1.92. The maximum atomic E-state index is 13.8. The van der Waals surface area contributed by atoms with E-state index in [-0.39, 0.29) is 11.7 Å². The van der Waals surface area contributed by atoms with Crippen LogP contribution in [0, 0.1) is 5.82 Å². The zero-order chi connectivity index (χ0) is 17.1. The van der Waals surface area contributed by atoms with Crippen LogP contribution in [0.3, 0.4) is 0 Å². The Morgan fingerprint density at radius 1 is 1.42 bits per heavy atom. The minimum absolute atomic E-state index is 0.167. The molecule has 124 valence electrons. The summed E-state index contributed by atoms with van der Waals surface area (Å²) < 4.78 is 15.1. The fourth-order valence-corrected chi connectivity index (χ4v) is 3.53. The van der Waals surface area contributed by atoms with Crippen LogP contribution in [0.4, 0.5) is 9.52 Å². The van der Waals surface area contributed by atoms with Gasteiger partial charge in [0.1, 0.15) is 5.82 Å². The first kappa shape index (κ1) is 16.4. The number of rotatable bonds is 5. The molecule has 0 aliphatic rings. The number of amides is 1. The van der Waals surface area contributed by atoms with Crippen molar-refractivity contribution in [1.29, 1.82) is 0 Å². The van der Waals surface area contributed by atoms with E-state index in [0.29, 0.717) is 21.6 Å². The molecule has 3 rings (SSSR count). The maximum Gasteiger partial charge on any atom is 0.223 e. The maximum absolute atomic E-state index is 13.8. The van der Waals surface area contributed by atoms with Crippen LogP contribution in [0.5, 0.6) is 0 Å². The molecule has 0 aliphatic heterocycles. The molecule has 0 saturated heterocycles. The molecule has 0 atom stereocenters. The number of aromatic nitrogens is 4. The molecular formula is C14H13FN6OS2. The lowest BCUT2D eigenvalue weighted by Gasteiger charge is -2.03. The highest BCUT2D eigenvalue weighted by Gasteiger charge is 2.15. The summed E-state index contributed by atoms with van der Waals surface area (Å²) in [5.74, 6) is 6.15. The second-order valence-electron chi connectivity index (χ2n) is 4.77. The smallest absolute Gasteiger partial charge is 0.223 e. The molecule has 10 heteroatoms. The first-order valence-electron chi connectivity index (χ1n) is 6.85. The third-order valence-corrected chi connectivity index (χ3v) is 4.75. The summed E-state index contributed by atoms with van der Waals surface area (Å²) in [6.45, 7) is 1.43. The van der Waals surface area contributed by atoms with E-state index >= 15 is 0 Å². The highest BCUT2D eigenvalue weighted by molar-refractivity contribution is 7.98. The second-order valence-corrected chi connectivity index (χ2v) is 6.57. The number of hydrogen-bond acceptors (Lipinski definition) is 7. The average Bonchev–Trinajstić information content (AvgIpc) is 3.12. The third kappa shape index (κ3) is 3.54. The van der Waals surface area contributed by atoms with Crippen molar-refractivity contribution >= 4 is 34.1 Å². The number of thiazole rings is 1. The lowest BCUT2D eigenvalue weighted by molar-refractivity contribution is -0.114. The summed E-state index contributed by atoms with van der Waals surface area (Å²) >= 11 is 2.67. The van der Waals surface area contributed by atoms with Crippen molar-refractivity contribution in [3.05, 3.63) is 41.2 Å². The van der Waals surface area contributed by atoms with Crippen molar-refractivity contribution in [3.8, 4) is 11.4 Å². The van der Waals surface area contributed by atoms with Crippen molar-refractivity contribution in [3.63, 3.8) is 0 Å². The Labute approximate surface area is 145 Å². The molecule has 2 aromatic heterocycles. The third-order valence-electron chi connectivity index (χ3n) is 2.96. The number of hydrogen-bond donors (Lipinski definition) is 2. The Hall–Kier alpha value is -2.46. The molecule has 0 saturated carbocycles. The number of thioether (sulfide) groups is 1. The van der Waals surface area contributed by atoms with Gasteiger partial charge in [0.25, 0.3) is 0 Å². The molecule has 3 aromatic rings. The molecule has 1 aromatic carbocycles. The Kier molecular flexibility index (Phi) is 4.76. The largest absolute Gasteiger partial charge is 0.335 e. The van der Waals surface area contributed by atoms with E-state index in [1.54, 1.807) is 18.2 Å². The highest BCUT2D eigenvalue weighted by Crippen LogP contribution is 2.26. The number of carbonyl (C=O) groups is 1. The summed E-state index contributed by atoms with van der Waals surface area (Å²) in [7, 11) is 0. The molecule has 0 fully saturated rings. The van der Waals surface area contributed by atoms with E-state index in [1.807, 2.05) is 5.38 Å². The second kappa shape index (κ2) is 6.97. The normalized spacial score (nSPS) is 10.8. The summed E-state index contributed by atoms with van der Waals surface area (Å²) in [6.07, 6.45) is 0. The SMILES string of the molecule is CC(=O)Nc1nc(CSc2nnc(-c3ccccc3F)n2N)cs1. The van der Waals surface area contributed by atoms with Crippen LogP contribution in [-0.4, -0.2) is 25.8 Å². The lowest BCUT2D eigenvalue weighted by atomic mass is 10.2. The van der Waals surface area contributed by atoms with E-state index < -0.39 is 5.82 Å². The minimum Gasteiger partial charge on any atom is -0.335 e. The number of anilines is 1. The summed E-state index contributed by atoms with van der Waals surface area (Å²) in [5.41, 5.74) is 1.07. The standard InChI is InChI=1S/C14H13FN6OS2/c1-8(22)17-13-18-9(6-23-13)7-24-14-20-19-12(21(14)16)10-4-2-3-5-11(10)15/h2-6H,7,16H2,1H3,(H,17,18,22). The summed E-state index contributed by atoms with van der Waals surface area (Å²) in [4.78, 5) is 15.3. The van der Waals surface area contributed by atoms with Crippen LogP contribution in [0.25, 0.3) is 11.4 Å². The van der Waals surface area contributed by atoms with Gasteiger partial charge in [-0.3, -0.25) is 4.79 Å². The number of benzene rings is 1. The van der Waals surface area contributed by atoms with Gasteiger partial charge < -0.3 is 11.2 Å². The Balaban J connectivity index is 1.72. The Morgan fingerprint density at radius 2 is 2.21 bits per heavy atom. The van der Waals surface area contributed by atoms with Crippen molar-refractivity contribution in [1.82, 2.24) is 19.9 Å². The van der Waals surface area contributed by atoms with Crippen LogP contribution in [0.1, 0.15) is 12.6 Å². The van der Waals surface area contributed by atoms with Crippen LogP contribution in [0.15, 0.2) is 34.8 Å². The first-order valence-corrected chi connectivity index (χ1v) is 8.71. The van der Waals surface area contributed by atoms with E-state index in [2.05, 4.69) is 20.5 Å². The molecule has 0 bridgehead atoms. The number of carbonyl (C=O) groups excluding carboxylic acids is 1. The van der Waals surface area contributed by atoms with E-state index in [1.165, 1.54) is 40.8 Å². The van der Waals surface area contributed by atoms with Gasteiger partial charge in [-0.2, -0.15) is 0 Å². The molecule has 2 heterocycles. The average molecular weight is 364 g/mol. The van der Waals surface area contributed by atoms with E-state index in [9.17, 15) is 9.18 Å².